The standard InChI is InChI=1S/C9H8Br2N4O2S/c1-9(2,8(16)17)15-7(12-13-14-15)4-3-5(10)18-6(4)11/h3H,1-2H3,(H,16,17). The zero-order valence-corrected chi connectivity index (χ0v) is 13.4. The van der Waals surface area contributed by atoms with E-state index in [0.29, 0.717) is 5.82 Å². The van der Waals surface area contributed by atoms with Gasteiger partial charge in [-0.15, -0.1) is 16.4 Å². The number of halogens is 2. The Kier molecular flexibility index (Phi) is 3.56. The Bertz CT molecular complexity index is 607. The number of hydrogen-bond donors (Lipinski definition) is 1. The molecule has 0 atom stereocenters. The predicted molar refractivity (Wildman–Crippen MR) is 73.5 cm³/mol. The average molecular weight is 396 g/mol. The summed E-state index contributed by atoms with van der Waals surface area (Å²) in [6.07, 6.45) is 0. The molecule has 0 unspecified atom stereocenters. The number of hydrogen-bond acceptors (Lipinski definition) is 5. The molecule has 0 radical (unpaired) electrons. The largest absolute Gasteiger partial charge is 0.479 e. The molecule has 0 bridgehead atoms. The molecule has 0 fully saturated rings. The zero-order valence-electron chi connectivity index (χ0n) is 9.39. The molecule has 2 rings (SSSR count). The highest BCUT2D eigenvalue weighted by Gasteiger charge is 2.34. The maximum absolute atomic E-state index is 11.3. The smallest absolute Gasteiger partial charge is 0.331 e. The van der Waals surface area contributed by atoms with Crippen molar-refractivity contribution in [3.8, 4) is 11.4 Å². The summed E-state index contributed by atoms with van der Waals surface area (Å²) in [4.78, 5) is 11.3. The number of carboxylic acid groups (broad SMARTS) is 1. The van der Waals surface area contributed by atoms with E-state index >= 15 is 0 Å². The third-order valence-electron chi connectivity index (χ3n) is 2.42. The minimum Gasteiger partial charge on any atom is -0.479 e. The lowest BCUT2D eigenvalue weighted by Gasteiger charge is -2.20. The topological polar surface area (TPSA) is 80.9 Å². The minimum atomic E-state index is -1.22. The quantitative estimate of drug-likeness (QED) is 0.863. The van der Waals surface area contributed by atoms with Crippen molar-refractivity contribution in [1.82, 2.24) is 20.2 Å². The van der Waals surface area contributed by atoms with Gasteiger partial charge in [-0.05, 0) is 62.2 Å². The van der Waals surface area contributed by atoms with Crippen LogP contribution in [0.1, 0.15) is 13.8 Å². The van der Waals surface area contributed by atoms with Crippen LogP contribution >= 0.6 is 43.2 Å². The van der Waals surface area contributed by atoms with Gasteiger partial charge in [0.1, 0.15) is 0 Å². The zero-order chi connectivity index (χ0) is 13.5. The van der Waals surface area contributed by atoms with Gasteiger partial charge in [-0.1, -0.05) is 0 Å². The fourth-order valence-corrected chi connectivity index (χ4v) is 4.10. The van der Waals surface area contributed by atoms with Crippen molar-refractivity contribution in [3.63, 3.8) is 0 Å². The molecule has 0 aliphatic rings. The normalized spacial score (nSPS) is 11.8. The first-order valence-electron chi connectivity index (χ1n) is 4.81. The van der Waals surface area contributed by atoms with Gasteiger partial charge in [-0.3, -0.25) is 0 Å². The lowest BCUT2D eigenvalue weighted by molar-refractivity contribution is -0.146. The summed E-state index contributed by atoms with van der Waals surface area (Å²) in [5.41, 5.74) is -0.460. The van der Waals surface area contributed by atoms with E-state index in [1.165, 1.54) is 16.0 Å². The number of aromatic nitrogens is 4. The third kappa shape index (κ3) is 2.21. The van der Waals surface area contributed by atoms with Crippen LogP contribution in [0.5, 0.6) is 0 Å². The van der Waals surface area contributed by atoms with Crippen molar-refractivity contribution in [2.24, 2.45) is 0 Å². The fraction of sp³-hybridized carbons (Fsp3) is 0.333. The summed E-state index contributed by atoms with van der Waals surface area (Å²) in [5, 5.41) is 20.5. The van der Waals surface area contributed by atoms with Crippen molar-refractivity contribution in [1.29, 1.82) is 0 Å². The number of carbonyl (C=O) groups is 1. The van der Waals surface area contributed by atoms with Crippen LogP contribution < -0.4 is 0 Å². The Morgan fingerprint density at radius 1 is 1.50 bits per heavy atom. The van der Waals surface area contributed by atoms with Crippen molar-refractivity contribution >= 4 is 49.2 Å². The van der Waals surface area contributed by atoms with E-state index in [1.807, 2.05) is 6.07 Å². The second-order valence-electron chi connectivity index (χ2n) is 4.02. The molecule has 6 nitrogen and oxygen atoms in total. The molecule has 9 heteroatoms. The van der Waals surface area contributed by atoms with Crippen LogP contribution in [0.2, 0.25) is 0 Å². The van der Waals surface area contributed by atoms with Gasteiger partial charge in [-0.2, -0.15) is 0 Å². The van der Waals surface area contributed by atoms with Gasteiger partial charge in [-0.25, -0.2) is 9.48 Å². The molecular weight excluding hydrogens is 388 g/mol. The summed E-state index contributed by atoms with van der Waals surface area (Å²) < 4.78 is 3.05. The SMILES string of the molecule is CC(C)(C(=O)O)n1nnnc1-c1cc(Br)sc1Br. The second-order valence-corrected chi connectivity index (χ2v) is 7.77. The molecule has 0 saturated heterocycles. The van der Waals surface area contributed by atoms with Crippen LogP contribution in [0.15, 0.2) is 13.6 Å². The van der Waals surface area contributed by atoms with E-state index in [9.17, 15) is 9.90 Å². The minimum absolute atomic E-state index is 0.413. The Morgan fingerprint density at radius 2 is 2.17 bits per heavy atom. The Labute approximate surface area is 123 Å². The molecule has 2 heterocycles. The number of carboxylic acids is 1. The van der Waals surface area contributed by atoms with Crippen molar-refractivity contribution in [3.05, 3.63) is 13.6 Å². The van der Waals surface area contributed by atoms with E-state index in [0.717, 1.165) is 13.1 Å². The maximum Gasteiger partial charge on any atom is 0.331 e. The number of thiophene rings is 1. The van der Waals surface area contributed by atoms with Crippen LogP contribution in [0, 0.1) is 0 Å². The number of tetrazole rings is 1. The Balaban J connectivity index is 2.59. The summed E-state index contributed by atoms with van der Waals surface area (Å²) in [5.74, 6) is -0.585. The summed E-state index contributed by atoms with van der Waals surface area (Å²) in [7, 11) is 0. The van der Waals surface area contributed by atoms with Crippen LogP contribution in [0.4, 0.5) is 0 Å². The van der Waals surface area contributed by atoms with Gasteiger partial charge in [0.25, 0.3) is 0 Å². The van der Waals surface area contributed by atoms with Gasteiger partial charge in [0, 0.05) is 5.56 Å². The van der Waals surface area contributed by atoms with E-state index in [4.69, 9.17) is 0 Å². The maximum atomic E-state index is 11.3. The van der Waals surface area contributed by atoms with E-state index in [1.54, 1.807) is 13.8 Å². The molecule has 0 spiro atoms. The van der Waals surface area contributed by atoms with Crippen molar-refractivity contribution < 1.29 is 9.90 Å². The second kappa shape index (κ2) is 4.71. The molecule has 18 heavy (non-hydrogen) atoms. The molecule has 0 amide bonds. The molecule has 0 aliphatic heterocycles. The lowest BCUT2D eigenvalue weighted by atomic mass is 10.1. The highest BCUT2D eigenvalue weighted by molar-refractivity contribution is 9.12. The highest BCUT2D eigenvalue weighted by atomic mass is 79.9. The first-order valence-corrected chi connectivity index (χ1v) is 7.21. The van der Waals surface area contributed by atoms with Crippen LogP contribution in [-0.4, -0.2) is 31.3 Å². The average Bonchev–Trinajstić information content (AvgIpc) is 2.84. The first-order chi connectivity index (χ1) is 8.34. The molecule has 2 aromatic heterocycles. The molecular formula is C9H8Br2N4O2S. The molecule has 0 saturated carbocycles. The third-order valence-corrected chi connectivity index (χ3v) is 4.76. The Morgan fingerprint density at radius 3 is 2.67 bits per heavy atom. The van der Waals surface area contributed by atoms with Crippen molar-refractivity contribution in [2.45, 2.75) is 19.4 Å². The highest BCUT2D eigenvalue weighted by Crippen LogP contribution is 2.38. The monoisotopic (exact) mass is 394 g/mol. The van der Waals surface area contributed by atoms with Gasteiger partial charge in [0.05, 0.1) is 7.57 Å². The van der Waals surface area contributed by atoms with Gasteiger partial charge >= 0.3 is 5.97 Å². The molecule has 96 valence electrons. The van der Waals surface area contributed by atoms with Crippen molar-refractivity contribution in [2.75, 3.05) is 0 Å². The molecule has 2 aromatic rings. The fourth-order valence-electron chi connectivity index (χ4n) is 1.31. The molecule has 0 aliphatic carbocycles. The number of aliphatic carboxylic acids is 1. The van der Waals surface area contributed by atoms with Gasteiger partial charge in [0.2, 0.25) is 0 Å². The summed E-state index contributed by atoms with van der Waals surface area (Å²) >= 11 is 8.25. The Hall–Kier alpha value is -0.800. The number of rotatable bonds is 3. The van der Waals surface area contributed by atoms with Crippen LogP contribution in [-0.2, 0) is 10.3 Å². The molecule has 0 aromatic carbocycles. The lowest BCUT2D eigenvalue weighted by Crippen LogP contribution is -2.37. The van der Waals surface area contributed by atoms with E-state index < -0.39 is 11.5 Å². The predicted octanol–water partition coefficient (Wildman–Crippen LogP) is 2.75. The molecule has 1 N–H and O–H groups in total. The van der Waals surface area contributed by atoms with E-state index in [-0.39, 0.29) is 0 Å². The van der Waals surface area contributed by atoms with E-state index in [2.05, 4.69) is 47.4 Å². The van der Waals surface area contributed by atoms with Crippen LogP contribution in [0.3, 0.4) is 0 Å². The summed E-state index contributed by atoms with van der Waals surface area (Å²) in [6, 6.07) is 1.84. The first kappa shape index (κ1) is 13.6. The number of nitrogens with zero attached hydrogens (tertiary/aromatic N) is 4. The summed E-state index contributed by atoms with van der Waals surface area (Å²) in [6.45, 7) is 3.09. The van der Waals surface area contributed by atoms with Gasteiger partial charge in [0.15, 0.2) is 11.4 Å². The van der Waals surface area contributed by atoms with Crippen LogP contribution in [0.25, 0.3) is 11.4 Å². The van der Waals surface area contributed by atoms with Gasteiger partial charge < -0.3 is 5.11 Å².